The average Bonchev–Trinajstić information content (AvgIpc) is 3.85. The van der Waals surface area contributed by atoms with Crippen molar-refractivity contribution in [2.24, 2.45) is 0 Å². The van der Waals surface area contributed by atoms with Gasteiger partial charge in [-0.2, -0.15) is 0 Å². The number of anilines is 1. The highest BCUT2D eigenvalue weighted by Crippen LogP contribution is 2.53. The first-order chi connectivity index (χ1) is 20.1. The van der Waals surface area contributed by atoms with Crippen molar-refractivity contribution in [2.75, 3.05) is 38.3 Å². The minimum Gasteiger partial charge on any atom is -0.413 e. The summed E-state index contributed by atoms with van der Waals surface area (Å²) in [6.07, 6.45) is 15.1. The largest absolute Gasteiger partial charge is 0.413 e. The molecule has 1 saturated carbocycles. The monoisotopic (exact) mass is 547 g/mol. The molecule has 4 aliphatic heterocycles. The minimum absolute atomic E-state index is 0.000792. The quantitative estimate of drug-likeness (QED) is 0.411. The molecule has 0 aromatic heterocycles. The van der Waals surface area contributed by atoms with Gasteiger partial charge in [-0.25, -0.2) is 0 Å². The standard InChI is InChI=1S/C37H42N2O2/c1-23-27-14-8-20-41-19-7-10-26(36(27)41)22-31(23)34(28-11-3-4-12-29(28)37(40)38-2)32-21-25-9-5-17-39-18-6-13-30(35(25)39)33(32)24-15-16-24/h3-4,11-12,21-22,24,36H,5-10,13-20H2,1-2H3/p+1/b34-31-. The lowest BCUT2D eigenvalue weighted by atomic mass is 9.74. The summed E-state index contributed by atoms with van der Waals surface area (Å²) in [4.78, 5) is 16.1. The van der Waals surface area contributed by atoms with Crippen LogP contribution in [0.1, 0.15) is 102 Å². The van der Waals surface area contributed by atoms with Crippen LogP contribution in [0.4, 0.5) is 5.69 Å². The number of amides is 1. The molecule has 2 aliphatic carbocycles. The summed E-state index contributed by atoms with van der Waals surface area (Å²) >= 11 is 0. The van der Waals surface area contributed by atoms with E-state index < -0.39 is 0 Å². The SMILES string of the molecule is CNC(=O)c1ccccc1/C(=C1\C=C2CCC[O+]3CCCC(=C1C)C23)c1cc2c3c(c1C1CC1)CCCN3CCC2. The Bertz CT molecular complexity index is 1530. The maximum Gasteiger partial charge on any atom is 0.251 e. The lowest BCUT2D eigenvalue weighted by Gasteiger charge is -2.42. The second kappa shape index (κ2) is 10.0. The minimum atomic E-state index is 0.000792. The molecule has 0 radical (unpaired) electrons. The third-order valence-corrected chi connectivity index (χ3v) is 10.7. The summed E-state index contributed by atoms with van der Waals surface area (Å²) in [5, 5.41) is 2.95. The van der Waals surface area contributed by atoms with Gasteiger partial charge in [-0.15, -0.1) is 0 Å². The second-order valence-corrected chi connectivity index (χ2v) is 13.1. The van der Waals surface area contributed by atoms with Crippen LogP contribution in [0.15, 0.2) is 58.7 Å². The normalized spacial score (nSPS) is 24.9. The van der Waals surface area contributed by atoms with E-state index in [1.807, 2.05) is 12.1 Å². The Morgan fingerprint density at radius 2 is 1.68 bits per heavy atom. The summed E-state index contributed by atoms with van der Waals surface area (Å²) in [6, 6.07) is 11.0. The highest BCUT2D eigenvalue weighted by atomic mass is 16.7. The Kier molecular flexibility index (Phi) is 6.25. The van der Waals surface area contributed by atoms with Crippen molar-refractivity contribution < 1.29 is 9.16 Å². The number of benzene rings is 2. The van der Waals surface area contributed by atoms with Crippen LogP contribution >= 0.6 is 0 Å². The highest BCUT2D eigenvalue weighted by molar-refractivity contribution is 6.03. The maximum atomic E-state index is 13.4. The lowest BCUT2D eigenvalue weighted by molar-refractivity contribution is -0.189. The summed E-state index contributed by atoms with van der Waals surface area (Å²) < 4.78 is 3.69. The number of allylic oxidation sites excluding steroid dienone is 3. The van der Waals surface area contributed by atoms with Gasteiger partial charge in [0.15, 0.2) is 0 Å². The van der Waals surface area contributed by atoms with Crippen LogP contribution in [-0.4, -0.2) is 45.4 Å². The molecular formula is C37H43N2O2+. The van der Waals surface area contributed by atoms with Crippen molar-refractivity contribution in [3.8, 4) is 0 Å². The van der Waals surface area contributed by atoms with Crippen LogP contribution in [0, 0.1) is 0 Å². The van der Waals surface area contributed by atoms with Crippen LogP contribution in [0.3, 0.4) is 0 Å². The molecule has 1 N–H and O–H groups in total. The number of nitrogens with one attached hydrogen (secondary N) is 1. The van der Waals surface area contributed by atoms with Crippen LogP contribution in [0.5, 0.6) is 0 Å². The number of hydrogen-bond acceptors (Lipinski definition) is 2. The van der Waals surface area contributed by atoms with Gasteiger partial charge in [0.25, 0.3) is 5.91 Å². The van der Waals surface area contributed by atoms with Gasteiger partial charge in [0, 0.05) is 55.4 Å². The summed E-state index contributed by atoms with van der Waals surface area (Å²) in [5.41, 5.74) is 16.9. The molecule has 1 amide bonds. The predicted molar refractivity (Wildman–Crippen MR) is 167 cm³/mol. The predicted octanol–water partition coefficient (Wildman–Crippen LogP) is 7.19. The zero-order valence-corrected chi connectivity index (χ0v) is 24.8. The number of carbonyl (C=O) groups excluding carboxylic acids is 1. The Hall–Kier alpha value is -3.11. The molecule has 41 heavy (non-hydrogen) atoms. The molecule has 2 aromatic carbocycles. The van der Waals surface area contributed by atoms with Crippen LogP contribution in [0.2, 0.25) is 0 Å². The molecule has 2 saturated heterocycles. The van der Waals surface area contributed by atoms with Gasteiger partial charge in [-0.05, 0) is 127 Å². The van der Waals surface area contributed by atoms with Gasteiger partial charge >= 0.3 is 0 Å². The Morgan fingerprint density at radius 3 is 2.46 bits per heavy atom. The molecule has 1 atom stereocenters. The third kappa shape index (κ3) is 4.08. The smallest absolute Gasteiger partial charge is 0.251 e. The van der Waals surface area contributed by atoms with Crippen molar-refractivity contribution in [2.45, 2.75) is 83.2 Å². The molecule has 2 aromatic rings. The van der Waals surface area contributed by atoms with E-state index in [0.29, 0.717) is 12.0 Å². The molecule has 4 nitrogen and oxygen atoms in total. The molecule has 1 unspecified atom stereocenters. The first-order valence-corrected chi connectivity index (χ1v) is 16.2. The van der Waals surface area contributed by atoms with Crippen molar-refractivity contribution in [3.63, 3.8) is 0 Å². The molecular weight excluding hydrogens is 504 g/mol. The van der Waals surface area contributed by atoms with E-state index in [2.05, 4.69) is 45.8 Å². The number of nitrogens with zero attached hydrogens (tertiary/aromatic N) is 1. The van der Waals surface area contributed by atoms with Crippen molar-refractivity contribution >= 4 is 17.2 Å². The fraction of sp³-hybridized carbons (Fsp3) is 0.486. The van der Waals surface area contributed by atoms with Crippen molar-refractivity contribution in [1.29, 1.82) is 0 Å². The highest BCUT2D eigenvalue weighted by Gasteiger charge is 2.43. The Morgan fingerprint density at radius 1 is 0.927 bits per heavy atom. The van der Waals surface area contributed by atoms with Crippen molar-refractivity contribution in [3.05, 3.63) is 92.1 Å². The molecule has 8 rings (SSSR count). The average molecular weight is 548 g/mol. The van der Waals surface area contributed by atoms with Gasteiger partial charge < -0.3 is 14.6 Å². The third-order valence-electron chi connectivity index (χ3n) is 10.7. The molecule has 212 valence electrons. The molecule has 0 bridgehead atoms. The summed E-state index contributed by atoms with van der Waals surface area (Å²) in [5.74, 6) is 0.642. The molecule has 4 heteroatoms. The molecule has 4 heterocycles. The van der Waals surface area contributed by atoms with Crippen molar-refractivity contribution in [1.82, 2.24) is 5.32 Å². The zero-order valence-electron chi connectivity index (χ0n) is 24.8. The first kappa shape index (κ1) is 25.6. The van der Waals surface area contributed by atoms with Gasteiger partial charge in [0.1, 0.15) is 13.2 Å². The van der Waals surface area contributed by atoms with E-state index in [4.69, 9.17) is 0 Å². The molecule has 0 spiro atoms. The maximum absolute atomic E-state index is 13.4. The number of carbonyl (C=O) groups is 1. The fourth-order valence-electron chi connectivity index (χ4n) is 8.81. The first-order valence-electron chi connectivity index (χ1n) is 16.2. The lowest BCUT2D eigenvalue weighted by Crippen LogP contribution is -2.41. The number of hydrogen-bond donors (Lipinski definition) is 1. The second-order valence-electron chi connectivity index (χ2n) is 13.1. The van der Waals surface area contributed by atoms with Crippen LogP contribution in [-0.2, 0) is 17.2 Å². The Balaban J connectivity index is 1.46. The zero-order chi connectivity index (χ0) is 27.7. The topological polar surface area (TPSA) is 35.0 Å². The van der Waals surface area contributed by atoms with Crippen LogP contribution in [0.25, 0.3) is 5.57 Å². The van der Waals surface area contributed by atoms with Gasteiger partial charge in [-0.1, -0.05) is 18.2 Å². The number of aryl methyl sites for hydroxylation is 1. The number of rotatable bonds is 4. The summed E-state index contributed by atoms with van der Waals surface area (Å²) in [7, 11) is 1.76. The van der Waals surface area contributed by atoms with E-state index >= 15 is 0 Å². The van der Waals surface area contributed by atoms with Crippen LogP contribution < -0.4 is 10.2 Å². The fourth-order valence-corrected chi connectivity index (χ4v) is 8.81. The van der Waals surface area contributed by atoms with E-state index in [9.17, 15) is 4.79 Å². The van der Waals surface area contributed by atoms with Gasteiger partial charge in [0.05, 0.1) is 0 Å². The van der Waals surface area contributed by atoms with E-state index in [-0.39, 0.29) is 5.91 Å². The van der Waals surface area contributed by atoms with Gasteiger partial charge in [0.2, 0.25) is 6.10 Å². The Labute approximate surface area is 244 Å². The van der Waals surface area contributed by atoms with E-state index in [1.54, 1.807) is 35.0 Å². The molecule has 3 fully saturated rings. The van der Waals surface area contributed by atoms with E-state index in [0.717, 1.165) is 30.8 Å². The molecule has 6 aliphatic rings. The summed E-state index contributed by atoms with van der Waals surface area (Å²) in [6.45, 7) is 7.05. The van der Waals surface area contributed by atoms with Gasteiger partial charge in [-0.3, -0.25) is 4.79 Å². The van der Waals surface area contributed by atoms with E-state index in [1.165, 1.54) is 98.7 Å².